The molecule has 0 saturated carbocycles. The number of nitrogens with two attached hydrogens (primary N) is 1. The van der Waals surface area contributed by atoms with Gasteiger partial charge in [-0.15, -0.1) is 0 Å². The highest BCUT2D eigenvalue weighted by atomic mass is 79.9. The van der Waals surface area contributed by atoms with E-state index in [1.807, 2.05) is 18.2 Å². The number of hydrogen-bond acceptors (Lipinski definition) is 6. The van der Waals surface area contributed by atoms with E-state index in [4.69, 9.17) is 10.2 Å². The second-order valence-corrected chi connectivity index (χ2v) is 9.52. The third-order valence-corrected chi connectivity index (χ3v) is 7.19. The zero-order valence-electron chi connectivity index (χ0n) is 15.5. The predicted octanol–water partition coefficient (Wildman–Crippen LogP) is 4.40. The Morgan fingerprint density at radius 1 is 0.967 bits per heavy atom. The van der Waals surface area contributed by atoms with Crippen molar-refractivity contribution < 1.29 is 12.8 Å². The standard InChI is InChI=1S/C21H15BrN4O3S/c22-13-7-9-15(10-8-13)30(27,28)19-18-21(25-17-6-2-1-5-16(17)24-18)26(20(19)23)12-14-4-3-11-29-14/h1-11H,12,23H2. The minimum Gasteiger partial charge on any atom is -0.467 e. The Bertz CT molecular complexity index is 1490. The first-order chi connectivity index (χ1) is 14.4. The summed E-state index contributed by atoms with van der Waals surface area (Å²) in [5.41, 5.74) is 8.26. The van der Waals surface area contributed by atoms with Crippen LogP contribution in [0.5, 0.6) is 0 Å². The number of furan rings is 1. The Kier molecular flexibility index (Phi) is 4.37. The lowest BCUT2D eigenvalue weighted by molar-refractivity contribution is 0.497. The summed E-state index contributed by atoms with van der Waals surface area (Å²) in [4.78, 5) is 9.36. The summed E-state index contributed by atoms with van der Waals surface area (Å²) in [6.07, 6.45) is 1.55. The Balaban J connectivity index is 1.83. The van der Waals surface area contributed by atoms with Gasteiger partial charge in [-0.05, 0) is 48.5 Å². The van der Waals surface area contributed by atoms with Gasteiger partial charge in [-0.25, -0.2) is 18.4 Å². The normalized spacial score (nSPS) is 12.0. The van der Waals surface area contributed by atoms with Crippen LogP contribution in [0.4, 0.5) is 5.82 Å². The maximum atomic E-state index is 13.5. The van der Waals surface area contributed by atoms with Crippen molar-refractivity contribution in [2.75, 3.05) is 5.73 Å². The van der Waals surface area contributed by atoms with Crippen molar-refractivity contribution in [2.45, 2.75) is 16.3 Å². The zero-order valence-corrected chi connectivity index (χ0v) is 17.9. The number of benzene rings is 2. The molecule has 0 amide bonds. The topological polar surface area (TPSA) is 104 Å². The number of aromatic nitrogens is 3. The van der Waals surface area contributed by atoms with E-state index in [1.165, 1.54) is 12.1 Å². The lowest BCUT2D eigenvalue weighted by Gasteiger charge is -2.07. The van der Waals surface area contributed by atoms with Crippen molar-refractivity contribution >= 4 is 53.8 Å². The number of rotatable bonds is 4. The molecule has 0 aliphatic heterocycles. The van der Waals surface area contributed by atoms with Gasteiger partial charge in [0.05, 0.1) is 28.7 Å². The number of anilines is 1. The van der Waals surface area contributed by atoms with E-state index < -0.39 is 9.84 Å². The van der Waals surface area contributed by atoms with Gasteiger partial charge in [0.15, 0.2) is 5.65 Å². The fourth-order valence-corrected chi connectivity index (χ4v) is 5.18. The van der Waals surface area contributed by atoms with Gasteiger partial charge in [-0.2, -0.15) is 0 Å². The number of halogens is 1. The lowest BCUT2D eigenvalue weighted by Crippen LogP contribution is -2.08. The van der Waals surface area contributed by atoms with E-state index in [0.29, 0.717) is 22.4 Å². The summed E-state index contributed by atoms with van der Waals surface area (Å²) in [7, 11) is -3.94. The molecule has 7 nitrogen and oxygen atoms in total. The van der Waals surface area contributed by atoms with Crippen LogP contribution in [0.25, 0.3) is 22.2 Å². The lowest BCUT2D eigenvalue weighted by atomic mass is 10.3. The van der Waals surface area contributed by atoms with Crippen molar-refractivity contribution in [3.8, 4) is 0 Å². The first-order valence-electron chi connectivity index (χ1n) is 9.02. The van der Waals surface area contributed by atoms with Crippen molar-refractivity contribution in [1.29, 1.82) is 0 Å². The van der Waals surface area contributed by atoms with Crippen molar-refractivity contribution in [3.05, 3.63) is 77.2 Å². The number of sulfone groups is 1. The van der Waals surface area contributed by atoms with Crippen molar-refractivity contribution in [2.24, 2.45) is 0 Å². The van der Waals surface area contributed by atoms with Gasteiger partial charge in [0.2, 0.25) is 9.84 Å². The molecule has 0 atom stereocenters. The average Bonchev–Trinajstić information content (AvgIpc) is 3.34. The van der Waals surface area contributed by atoms with Gasteiger partial charge in [-0.3, -0.25) is 0 Å². The van der Waals surface area contributed by atoms with Gasteiger partial charge >= 0.3 is 0 Å². The highest BCUT2D eigenvalue weighted by molar-refractivity contribution is 9.10. The average molecular weight is 483 g/mol. The fraction of sp³-hybridized carbons (Fsp3) is 0.0476. The van der Waals surface area contributed by atoms with E-state index in [-0.39, 0.29) is 27.7 Å². The van der Waals surface area contributed by atoms with Crippen LogP contribution in [0.2, 0.25) is 0 Å². The van der Waals surface area contributed by atoms with Gasteiger partial charge in [0.1, 0.15) is 22.0 Å². The van der Waals surface area contributed by atoms with Gasteiger partial charge in [-0.1, -0.05) is 28.1 Å². The van der Waals surface area contributed by atoms with E-state index in [1.54, 1.807) is 41.2 Å². The molecule has 9 heteroatoms. The highest BCUT2D eigenvalue weighted by Crippen LogP contribution is 2.36. The van der Waals surface area contributed by atoms with Gasteiger partial charge in [0.25, 0.3) is 0 Å². The monoisotopic (exact) mass is 482 g/mol. The molecule has 150 valence electrons. The third kappa shape index (κ3) is 2.98. The van der Waals surface area contributed by atoms with Crippen LogP contribution in [-0.2, 0) is 16.4 Å². The predicted molar refractivity (Wildman–Crippen MR) is 117 cm³/mol. The van der Waals surface area contributed by atoms with E-state index in [0.717, 1.165) is 4.47 Å². The molecule has 3 heterocycles. The Hall–Kier alpha value is -3.17. The molecule has 0 aliphatic rings. The molecule has 2 N–H and O–H groups in total. The summed E-state index contributed by atoms with van der Waals surface area (Å²) in [5.74, 6) is 0.695. The van der Waals surface area contributed by atoms with Crippen molar-refractivity contribution in [3.63, 3.8) is 0 Å². The Morgan fingerprint density at radius 2 is 1.67 bits per heavy atom. The van der Waals surface area contributed by atoms with Crippen molar-refractivity contribution in [1.82, 2.24) is 14.5 Å². The Morgan fingerprint density at radius 3 is 2.33 bits per heavy atom. The fourth-order valence-electron chi connectivity index (χ4n) is 3.40. The minimum atomic E-state index is -3.94. The molecule has 0 spiro atoms. The smallest absolute Gasteiger partial charge is 0.212 e. The Labute approximate surface area is 180 Å². The molecule has 0 radical (unpaired) electrons. The number of nitrogen functional groups attached to an aromatic ring is 1. The molecule has 5 rings (SSSR count). The maximum Gasteiger partial charge on any atom is 0.212 e. The molecule has 0 bridgehead atoms. The van der Waals surface area contributed by atoms with Crippen LogP contribution in [0, 0.1) is 0 Å². The second-order valence-electron chi connectivity index (χ2n) is 6.72. The van der Waals surface area contributed by atoms with Crippen LogP contribution in [-0.4, -0.2) is 23.0 Å². The largest absolute Gasteiger partial charge is 0.467 e. The summed E-state index contributed by atoms with van der Waals surface area (Å²) in [5, 5.41) is 0. The molecule has 0 fully saturated rings. The van der Waals surface area contributed by atoms with Crippen LogP contribution in [0.15, 0.2) is 85.6 Å². The van der Waals surface area contributed by atoms with E-state index in [9.17, 15) is 8.42 Å². The van der Waals surface area contributed by atoms with Crippen LogP contribution in [0.3, 0.4) is 0 Å². The van der Waals surface area contributed by atoms with Gasteiger partial charge in [0, 0.05) is 4.47 Å². The minimum absolute atomic E-state index is 0.0513. The SMILES string of the molecule is Nc1c(S(=O)(=O)c2ccc(Br)cc2)c2nc3ccccc3nc2n1Cc1ccco1. The zero-order chi connectivity index (χ0) is 20.9. The van der Waals surface area contributed by atoms with Gasteiger partial charge < -0.3 is 14.7 Å². The number of hydrogen-bond donors (Lipinski definition) is 1. The number of para-hydroxylation sites is 2. The summed E-state index contributed by atoms with van der Waals surface area (Å²) < 4.78 is 34.9. The molecule has 0 saturated heterocycles. The summed E-state index contributed by atoms with van der Waals surface area (Å²) in [6.45, 7) is 0.234. The summed E-state index contributed by atoms with van der Waals surface area (Å²) >= 11 is 3.33. The molecule has 3 aromatic heterocycles. The van der Waals surface area contributed by atoms with Crippen LogP contribution in [0.1, 0.15) is 5.76 Å². The molecular weight excluding hydrogens is 468 g/mol. The molecule has 5 aromatic rings. The number of nitrogens with zero attached hydrogens (tertiary/aromatic N) is 3. The van der Waals surface area contributed by atoms with Crippen LogP contribution >= 0.6 is 15.9 Å². The highest BCUT2D eigenvalue weighted by Gasteiger charge is 2.30. The van der Waals surface area contributed by atoms with E-state index in [2.05, 4.69) is 25.9 Å². The third-order valence-electron chi connectivity index (χ3n) is 4.83. The molecule has 2 aromatic carbocycles. The van der Waals surface area contributed by atoms with Crippen LogP contribution < -0.4 is 5.73 Å². The van der Waals surface area contributed by atoms with E-state index >= 15 is 0 Å². The maximum absolute atomic E-state index is 13.5. The molecule has 30 heavy (non-hydrogen) atoms. The first-order valence-corrected chi connectivity index (χ1v) is 11.3. The molecular formula is C21H15BrN4O3S. The summed E-state index contributed by atoms with van der Waals surface area (Å²) in [6, 6.07) is 17.3. The first kappa shape index (κ1) is 18.8. The molecule has 0 aliphatic carbocycles. The number of fused-ring (bicyclic) bond motifs is 2. The molecule has 0 unspecified atom stereocenters. The second kappa shape index (κ2) is 6.96. The quantitative estimate of drug-likeness (QED) is 0.406.